The van der Waals surface area contributed by atoms with E-state index in [1.165, 1.54) is 11.3 Å². The van der Waals surface area contributed by atoms with Crippen LogP contribution in [0.1, 0.15) is 43.0 Å². The lowest BCUT2D eigenvalue weighted by atomic mass is 10.1. The van der Waals surface area contributed by atoms with Crippen molar-refractivity contribution in [2.24, 2.45) is 12.0 Å². The van der Waals surface area contributed by atoms with Gasteiger partial charge in [-0.1, -0.05) is 6.07 Å². The highest BCUT2D eigenvalue weighted by Crippen LogP contribution is 2.14. The van der Waals surface area contributed by atoms with Crippen molar-refractivity contribution in [1.82, 2.24) is 35.0 Å². The second-order valence-electron chi connectivity index (χ2n) is 7.43. The summed E-state index contributed by atoms with van der Waals surface area (Å²) in [5, 5.41) is 19.9. The molecule has 1 atom stereocenters. The Morgan fingerprint density at radius 3 is 2.73 bits per heavy atom. The zero-order valence-electron chi connectivity index (χ0n) is 18.5. The van der Waals surface area contributed by atoms with Gasteiger partial charge in [-0.3, -0.25) is 14.1 Å². The Bertz CT molecular complexity index is 975. The molecule has 1 unspecified atom stereocenters. The van der Waals surface area contributed by atoms with E-state index in [-0.39, 0.29) is 30.0 Å². The molecule has 3 heterocycles. The van der Waals surface area contributed by atoms with Crippen LogP contribution in [0.5, 0.6) is 0 Å². The molecule has 164 valence electrons. The molecule has 0 amide bonds. The van der Waals surface area contributed by atoms with Crippen molar-refractivity contribution in [3.05, 3.63) is 47.2 Å². The summed E-state index contributed by atoms with van der Waals surface area (Å²) in [6.45, 7) is 10.0. The summed E-state index contributed by atoms with van der Waals surface area (Å²) in [7, 11) is 1.99. The summed E-state index contributed by atoms with van der Waals surface area (Å²) in [6.07, 6.45) is 4.69. The van der Waals surface area contributed by atoms with Gasteiger partial charge in [0.1, 0.15) is 5.82 Å². The zero-order chi connectivity index (χ0) is 20.8. The van der Waals surface area contributed by atoms with E-state index in [0.29, 0.717) is 0 Å². The number of aromatic nitrogens is 5. The molecule has 3 rings (SSSR count). The number of pyridine rings is 1. The molecule has 0 bridgehead atoms. The Morgan fingerprint density at radius 1 is 1.23 bits per heavy atom. The summed E-state index contributed by atoms with van der Waals surface area (Å²) in [5.74, 6) is 1.83. The predicted octanol–water partition coefficient (Wildman–Crippen LogP) is 2.82. The molecular weight excluding hydrogens is 491 g/mol. The number of fused-ring (bicyclic) bond motifs is 1. The van der Waals surface area contributed by atoms with Crippen molar-refractivity contribution in [3.8, 4) is 0 Å². The highest BCUT2D eigenvalue weighted by Gasteiger charge is 2.14. The molecule has 2 N–H and O–H groups in total. The van der Waals surface area contributed by atoms with E-state index in [9.17, 15) is 0 Å². The standard InChI is InChI=1S/C21H32N8.HI/c1-6-22-21(24-15(2)14-18-16(3)27-28(5)17(18)4)23-12-9-11-20-26-25-19-10-7-8-13-29(19)20;/h7-8,10,13,15H,6,9,11-12,14H2,1-5H3,(H2,22,23,24);1H. The molecule has 0 spiro atoms. The minimum absolute atomic E-state index is 0. The van der Waals surface area contributed by atoms with Crippen molar-refractivity contribution >= 4 is 35.6 Å². The van der Waals surface area contributed by atoms with Gasteiger partial charge in [-0.2, -0.15) is 5.10 Å². The largest absolute Gasteiger partial charge is 0.357 e. The zero-order valence-corrected chi connectivity index (χ0v) is 20.8. The SMILES string of the molecule is CCNC(=NCCCc1nnc2ccccn12)NC(C)Cc1c(C)nn(C)c1C.I. The van der Waals surface area contributed by atoms with Gasteiger partial charge in [-0.05, 0) is 58.2 Å². The first-order valence-corrected chi connectivity index (χ1v) is 10.3. The number of nitrogens with zero attached hydrogens (tertiary/aromatic N) is 6. The van der Waals surface area contributed by atoms with Gasteiger partial charge in [0.25, 0.3) is 0 Å². The molecule has 9 heteroatoms. The number of hydrogen-bond donors (Lipinski definition) is 2. The number of hydrogen-bond acceptors (Lipinski definition) is 4. The molecule has 0 aromatic carbocycles. The summed E-state index contributed by atoms with van der Waals surface area (Å²) >= 11 is 0. The molecule has 0 aliphatic rings. The minimum Gasteiger partial charge on any atom is -0.357 e. The van der Waals surface area contributed by atoms with Gasteiger partial charge in [-0.25, -0.2) is 0 Å². The van der Waals surface area contributed by atoms with Gasteiger partial charge in [0.15, 0.2) is 11.6 Å². The Morgan fingerprint density at radius 2 is 2.03 bits per heavy atom. The molecule has 0 fully saturated rings. The molecule has 0 saturated carbocycles. The van der Waals surface area contributed by atoms with Crippen LogP contribution in [0.2, 0.25) is 0 Å². The number of aryl methyl sites for hydroxylation is 3. The van der Waals surface area contributed by atoms with E-state index in [1.807, 2.05) is 40.5 Å². The van der Waals surface area contributed by atoms with Crippen LogP contribution in [0.15, 0.2) is 29.4 Å². The normalized spacial score (nSPS) is 12.6. The van der Waals surface area contributed by atoms with E-state index in [1.54, 1.807) is 0 Å². The topological polar surface area (TPSA) is 84.4 Å². The van der Waals surface area contributed by atoms with Gasteiger partial charge in [-0.15, -0.1) is 34.2 Å². The lowest BCUT2D eigenvalue weighted by molar-refractivity contribution is 0.634. The molecule has 8 nitrogen and oxygen atoms in total. The fourth-order valence-electron chi connectivity index (χ4n) is 3.51. The van der Waals surface area contributed by atoms with Crippen LogP contribution < -0.4 is 10.6 Å². The van der Waals surface area contributed by atoms with Gasteiger partial charge in [0.2, 0.25) is 0 Å². The summed E-state index contributed by atoms with van der Waals surface area (Å²) in [4.78, 5) is 4.74. The van der Waals surface area contributed by atoms with Gasteiger partial charge >= 0.3 is 0 Å². The average molecular weight is 524 g/mol. The Labute approximate surface area is 195 Å². The molecule has 0 radical (unpaired) electrons. The second kappa shape index (κ2) is 11.3. The molecule has 3 aromatic heterocycles. The predicted molar refractivity (Wildman–Crippen MR) is 132 cm³/mol. The third kappa shape index (κ3) is 5.93. The van der Waals surface area contributed by atoms with Gasteiger partial charge in [0, 0.05) is 44.5 Å². The maximum Gasteiger partial charge on any atom is 0.191 e. The third-order valence-electron chi connectivity index (χ3n) is 5.11. The summed E-state index contributed by atoms with van der Waals surface area (Å²) in [6, 6.07) is 6.20. The first kappa shape index (κ1) is 24.1. The number of rotatable bonds is 8. The monoisotopic (exact) mass is 524 g/mol. The number of guanidine groups is 1. The number of halogens is 1. The highest BCUT2D eigenvalue weighted by atomic mass is 127. The van der Waals surface area contributed by atoms with Gasteiger partial charge in [0.05, 0.1) is 5.69 Å². The van der Waals surface area contributed by atoms with Crippen LogP contribution in [0, 0.1) is 13.8 Å². The maximum absolute atomic E-state index is 4.74. The minimum atomic E-state index is 0. The third-order valence-corrected chi connectivity index (χ3v) is 5.11. The number of nitrogens with one attached hydrogen (secondary N) is 2. The van der Waals surface area contributed by atoms with Crippen LogP contribution in [-0.2, 0) is 19.9 Å². The average Bonchev–Trinajstić information content (AvgIpc) is 3.21. The number of aliphatic imine (C=N–C) groups is 1. The van der Waals surface area contributed by atoms with E-state index < -0.39 is 0 Å². The van der Waals surface area contributed by atoms with E-state index >= 15 is 0 Å². The van der Waals surface area contributed by atoms with Crippen molar-refractivity contribution in [2.75, 3.05) is 13.1 Å². The highest BCUT2D eigenvalue weighted by molar-refractivity contribution is 14.0. The molecular formula is C21H33IN8. The first-order valence-electron chi connectivity index (χ1n) is 10.3. The molecule has 0 aliphatic heterocycles. The van der Waals surface area contributed by atoms with Crippen LogP contribution >= 0.6 is 24.0 Å². The molecule has 3 aromatic rings. The van der Waals surface area contributed by atoms with Crippen molar-refractivity contribution in [1.29, 1.82) is 0 Å². The summed E-state index contributed by atoms with van der Waals surface area (Å²) < 4.78 is 3.98. The lowest BCUT2D eigenvalue weighted by Crippen LogP contribution is -2.43. The molecule has 0 aliphatic carbocycles. The van der Waals surface area contributed by atoms with Crippen molar-refractivity contribution in [3.63, 3.8) is 0 Å². The van der Waals surface area contributed by atoms with Crippen LogP contribution in [0.25, 0.3) is 5.65 Å². The van der Waals surface area contributed by atoms with Gasteiger partial charge < -0.3 is 10.6 Å². The fraction of sp³-hybridized carbons (Fsp3) is 0.524. The van der Waals surface area contributed by atoms with Crippen LogP contribution in [0.3, 0.4) is 0 Å². The van der Waals surface area contributed by atoms with Crippen molar-refractivity contribution < 1.29 is 0 Å². The Kier molecular flexibility index (Phi) is 9.07. The molecule has 30 heavy (non-hydrogen) atoms. The smallest absolute Gasteiger partial charge is 0.191 e. The lowest BCUT2D eigenvalue weighted by Gasteiger charge is -2.18. The quantitative estimate of drug-likeness (QED) is 0.205. The second-order valence-corrected chi connectivity index (χ2v) is 7.43. The Hall–Kier alpha value is -2.17. The first-order chi connectivity index (χ1) is 14.0. The van der Waals surface area contributed by atoms with Crippen molar-refractivity contribution in [2.45, 2.75) is 53.0 Å². The Balaban J connectivity index is 0.00000320. The van der Waals surface area contributed by atoms with E-state index in [4.69, 9.17) is 4.99 Å². The molecule has 0 saturated heterocycles. The summed E-state index contributed by atoms with van der Waals surface area (Å²) in [5.41, 5.74) is 4.51. The van der Waals surface area contributed by atoms with Crippen LogP contribution in [-0.4, -0.2) is 49.5 Å². The van der Waals surface area contributed by atoms with E-state index in [0.717, 1.165) is 55.5 Å². The fourth-order valence-corrected chi connectivity index (χ4v) is 3.51. The van der Waals surface area contributed by atoms with Crippen LogP contribution in [0.4, 0.5) is 0 Å². The maximum atomic E-state index is 4.74. The van der Waals surface area contributed by atoms with E-state index in [2.05, 4.69) is 53.6 Å².